The van der Waals surface area contributed by atoms with E-state index in [4.69, 9.17) is 4.74 Å². The van der Waals surface area contributed by atoms with Crippen molar-refractivity contribution in [3.05, 3.63) is 13.6 Å². The fourth-order valence-electron chi connectivity index (χ4n) is 1.54. The second-order valence-electron chi connectivity index (χ2n) is 3.97. The third kappa shape index (κ3) is 5.19. The Balaban J connectivity index is 2.28. The molecule has 1 aromatic heterocycles. The lowest BCUT2D eigenvalue weighted by atomic mass is 10.1. The van der Waals surface area contributed by atoms with Crippen molar-refractivity contribution >= 4 is 43.2 Å². The van der Waals surface area contributed by atoms with Gasteiger partial charge in [0.2, 0.25) is 0 Å². The van der Waals surface area contributed by atoms with Crippen LogP contribution >= 0.6 is 43.2 Å². The maximum atomic E-state index is 5.88. The molecule has 0 aromatic carbocycles. The predicted molar refractivity (Wildman–Crippen MR) is 78.6 cm³/mol. The van der Waals surface area contributed by atoms with Crippen molar-refractivity contribution < 1.29 is 4.74 Å². The Labute approximate surface area is 119 Å². The molecule has 0 radical (unpaired) electrons. The molecule has 1 nitrogen and oxygen atoms in total. The number of halogens is 2. The van der Waals surface area contributed by atoms with Crippen LogP contribution in [0.4, 0.5) is 0 Å². The quantitative estimate of drug-likeness (QED) is 0.534. The van der Waals surface area contributed by atoms with Gasteiger partial charge in [-0.3, -0.25) is 0 Å². The minimum absolute atomic E-state index is 0.301. The Bertz CT molecular complexity index is 312. The molecule has 1 rings (SSSR count). The van der Waals surface area contributed by atoms with Crippen molar-refractivity contribution in [3.8, 4) is 5.75 Å². The molecule has 1 aromatic rings. The van der Waals surface area contributed by atoms with Crippen molar-refractivity contribution in [2.75, 3.05) is 0 Å². The zero-order valence-corrected chi connectivity index (χ0v) is 13.8. The maximum absolute atomic E-state index is 5.88. The summed E-state index contributed by atoms with van der Waals surface area (Å²) in [4.78, 5) is 0. The molecule has 0 aliphatic heterocycles. The molecule has 16 heavy (non-hydrogen) atoms. The first-order valence-corrected chi connectivity index (χ1v) is 8.15. The number of hydrogen-bond donors (Lipinski definition) is 0. The van der Waals surface area contributed by atoms with E-state index >= 15 is 0 Å². The molecule has 1 atom stereocenters. The second kappa shape index (κ2) is 7.72. The number of rotatable bonds is 7. The van der Waals surface area contributed by atoms with Gasteiger partial charge in [0.1, 0.15) is 9.54 Å². The predicted octanol–water partition coefficient (Wildman–Crippen LogP) is 6.01. The third-order valence-corrected chi connectivity index (χ3v) is 4.70. The molecular formula is C12H18Br2OS. The summed E-state index contributed by atoms with van der Waals surface area (Å²) in [5.74, 6) is 0.958. The van der Waals surface area contributed by atoms with Crippen LogP contribution in [0.3, 0.4) is 0 Å². The number of thiophene rings is 1. The summed E-state index contributed by atoms with van der Waals surface area (Å²) in [5, 5.41) is 0. The van der Waals surface area contributed by atoms with Crippen LogP contribution in [-0.2, 0) is 0 Å². The van der Waals surface area contributed by atoms with E-state index in [0.29, 0.717) is 6.10 Å². The largest absolute Gasteiger partial charge is 0.489 e. The molecule has 0 saturated heterocycles. The highest BCUT2D eigenvalue weighted by Crippen LogP contribution is 2.38. The van der Waals surface area contributed by atoms with Gasteiger partial charge in [0.05, 0.1) is 9.89 Å². The SMILES string of the molecule is CCCCCC[C@@H](C)Oc1cc(Br)sc1Br. The Morgan fingerprint density at radius 1 is 1.31 bits per heavy atom. The summed E-state index contributed by atoms with van der Waals surface area (Å²) in [5.41, 5.74) is 0. The van der Waals surface area contributed by atoms with Gasteiger partial charge in [0.25, 0.3) is 0 Å². The van der Waals surface area contributed by atoms with Gasteiger partial charge >= 0.3 is 0 Å². The third-order valence-electron chi connectivity index (χ3n) is 2.42. The van der Waals surface area contributed by atoms with Crippen LogP contribution < -0.4 is 4.74 Å². The first kappa shape index (κ1) is 14.5. The second-order valence-corrected chi connectivity index (χ2v) is 7.72. The standard InChI is InChI=1S/C12H18Br2OS/c1-3-4-5-6-7-9(2)15-10-8-11(13)16-12(10)14/h8-9H,3-7H2,1-2H3/t9-/m1/s1. The van der Waals surface area contributed by atoms with Crippen molar-refractivity contribution in [3.63, 3.8) is 0 Å². The molecule has 0 saturated carbocycles. The molecule has 0 aliphatic carbocycles. The Hall–Kier alpha value is 0.460. The Kier molecular flexibility index (Phi) is 7.01. The summed E-state index contributed by atoms with van der Waals surface area (Å²) in [7, 11) is 0. The van der Waals surface area contributed by atoms with Gasteiger partial charge in [0.15, 0.2) is 0 Å². The van der Waals surface area contributed by atoms with E-state index in [2.05, 4.69) is 45.7 Å². The normalized spacial score (nSPS) is 12.8. The number of unbranched alkanes of at least 4 members (excludes halogenated alkanes) is 3. The monoisotopic (exact) mass is 368 g/mol. The molecule has 4 heteroatoms. The number of hydrogen-bond acceptors (Lipinski definition) is 2. The lowest BCUT2D eigenvalue weighted by molar-refractivity contribution is 0.206. The fraction of sp³-hybridized carbons (Fsp3) is 0.667. The fourth-order valence-corrected chi connectivity index (χ4v) is 4.16. The van der Waals surface area contributed by atoms with Gasteiger partial charge in [0, 0.05) is 6.07 Å². The lowest BCUT2D eigenvalue weighted by Gasteiger charge is -2.13. The molecule has 0 fully saturated rings. The summed E-state index contributed by atoms with van der Waals surface area (Å²) in [6, 6.07) is 2.03. The minimum atomic E-state index is 0.301. The van der Waals surface area contributed by atoms with Gasteiger partial charge < -0.3 is 4.74 Å². The average Bonchev–Trinajstić information content (AvgIpc) is 2.52. The molecule has 1 heterocycles. The van der Waals surface area contributed by atoms with Gasteiger partial charge in [-0.25, -0.2) is 0 Å². The lowest BCUT2D eigenvalue weighted by Crippen LogP contribution is -2.11. The highest BCUT2D eigenvalue weighted by atomic mass is 79.9. The van der Waals surface area contributed by atoms with Crippen molar-refractivity contribution in [1.29, 1.82) is 0 Å². The molecular weight excluding hydrogens is 352 g/mol. The smallest absolute Gasteiger partial charge is 0.145 e. The van der Waals surface area contributed by atoms with Crippen LogP contribution in [0, 0.1) is 0 Å². The van der Waals surface area contributed by atoms with E-state index in [0.717, 1.165) is 19.7 Å². The van der Waals surface area contributed by atoms with Gasteiger partial charge in [-0.15, -0.1) is 11.3 Å². The van der Waals surface area contributed by atoms with Crippen LogP contribution in [0.2, 0.25) is 0 Å². The van der Waals surface area contributed by atoms with E-state index in [-0.39, 0.29) is 0 Å². The van der Waals surface area contributed by atoms with Crippen LogP contribution in [-0.4, -0.2) is 6.10 Å². The molecule has 92 valence electrons. The van der Waals surface area contributed by atoms with E-state index in [1.54, 1.807) is 11.3 Å². The molecule has 0 amide bonds. The van der Waals surface area contributed by atoms with Crippen molar-refractivity contribution in [2.24, 2.45) is 0 Å². The highest BCUT2D eigenvalue weighted by Gasteiger charge is 2.10. The van der Waals surface area contributed by atoms with Gasteiger partial charge in [-0.2, -0.15) is 0 Å². The Morgan fingerprint density at radius 2 is 2.06 bits per heavy atom. The zero-order valence-electron chi connectivity index (χ0n) is 9.76. The summed E-state index contributed by atoms with van der Waals surface area (Å²) in [6.07, 6.45) is 6.64. The molecule has 0 N–H and O–H groups in total. The highest BCUT2D eigenvalue weighted by molar-refractivity contribution is 9.12. The summed E-state index contributed by atoms with van der Waals surface area (Å²) >= 11 is 8.61. The summed E-state index contributed by atoms with van der Waals surface area (Å²) in [6.45, 7) is 4.38. The number of ether oxygens (including phenoxy) is 1. The average molecular weight is 370 g/mol. The summed E-state index contributed by atoms with van der Waals surface area (Å²) < 4.78 is 8.05. The molecule has 0 bridgehead atoms. The van der Waals surface area contributed by atoms with E-state index in [9.17, 15) is 0 Å². The molecule has 0 unspecified atom stereocenters. The van der Waals surface area contributed by atoms with Crippen LogP contribution in [0.5, 0.6) is 5.75 Å². The van der Waals surface area contributed by atoms with Crippen molar-refractivity contribution in [1.82, 2.24) is 0 Å². The maximum Gasteiger partial charge on any atom is 0.145 e. The topological polar surface area (TPSA) is 9.23 Å². The first-order valence-electron chi connectivity index (χ1n) is 5.75. The Morgan fingerprint density at radius 3 is 2.62 bits per heavy atom. The van der Waals surface area contributed by atoms with Gasteiger partial charge in [-0.05, 0) is 51.6 Å². The van der Waals surface area contributed by atoms with Crippen LogP contribution in [0.15, 0.2) is 13.6 Å². The van der Waals surface area contributed by atoms with Crippen LogP contribution in [0.1, 0.15) is 46.0 Å². The van der Waals surface area contributed by atoms with E-state index < -0.39 is 0 Å². The molecule has 0 spiro atoms. The van der Waals surface area contributed by atoms with Crippen LogP contribution in [0.25, 0.3) is 0 Å². The van der Waals surface area contributed by atoms with Crippen molar-refractivity contribution in [2.45, 2.75) is 52.1 Å². The van der Waals surface area contributed by atoms with E-state index in [1.165, 1.54) is 25.7 Å². The zero-order chi connectivity index (χ0) is 12.0. The van der Waals surface area contributed by atoms with Gasteiger partial charge in [-0.1, -0.05) is 26.2 Å². The minimum Gasteiger partial charge on any atom is -0.489 e. The first-order chi connectivity index (χ1) is 7.63. The van der Waals surface area contributed by atoms with E-state index in [1.807, 2.05) is 6.07 Å². The molecule has 0 aliphatic rings.